The van der Waals surface area contributed by atoms with Gasteiger partial charge >= 0.3 is 6.03 Å². The molecular weight excluding hydrogens is 304 g/mol. The van der Waals surface area contributed by atoms with E-state index >= 15 is 0 Å². The van der Waals surface area contributed by atoms with Crippen molar-refractivity contribution in [3.63, 3.8) is 0 Å². The van der Waals surface area contributed by atoms with Gasteiger partial charge in [0.05, 0.1) is 6.10 Å². The Morgan fingerprint density at radius 3 is 2.71 bits per heavy atom. The standard InChI is InChI=1S/C19H22N2O3/c1-2-11-20-19(23)21-13-18(22)16-9-6-10-17(12-16)24-14-15-7-4-3-5-8-15/h2-10,12,18,22H,1,11,13-14H2,(H2,20,21,23). The molecule has 5 nitrogen and oxygen atoms in total. The number of aliphatic hydroxyl groups is 1. The van der Waals surface area contributed by atoms with Crippen LogP contribution in [0.3, 0.4) is 0 Å². The van der Waals surface area contributed by atoms with Crippen molar-refractivity contribution in [3.8, 4) is 5.75 Å². The molecule has 0 saturated carbocycles. The number of hydrogen-bond acceptors (Lipinski definition) is 3. The summed E-state index contributed by atoms with van der Waals surface area (Å²) in [7, 11) is 0. The molecule has 126 valence electrons. The zero-order valence-electron chi connectivity index (χ0n) is 13.4. The minimum atomic E-state index is -0.806. The highest BCUT2D eigenvalue weighted by Crippen LogP contribution is 2.20. The summed E-state index contributed by atoms with van der Waals surface area (Å²) in [6.07, 6.45) is 0.781. The van der Waals surface area contributed by atoms with Crippen LogP contribution in [0.1, 0.15) is 17.2 Å². The lowest BCUT2D eigenvalue weighted by Crippen LogP contribution is -2.37. The Kier molecular flexibility index (Phi) is 6.86. The van der Waals surface area contributed by atoms with E-state index in [9.17, 15) is 9.90 Å². The third-order valence-corrected chi connectivity index (χ3v) is 3.35. The molecule has 5 heteroatoms. The van der Waals surface area contributed by atoms with Crippen molar-refractivity contribution in [2.24, 2.45) is 0 Å². The van der Waals surface area contributed by atoms with Crippen LogP contribution < -0.4 is 15.4 Å². The van der Waals surface area contributed by atoms with Crippen molar-refractivity contribution in [1.29, 1.82) is 0 Å². The minimum absolute atomic E-state index is 0.116. The van der Waals surface area contributed by atoms with Gasteiger partial charge in [0.2, 0.25) is 0 Å². The Bertz CT molecular complexity index is 659. The maximum absolute atomic E-state index is 11.5. The predicted octanol–water partition coefficient (Wildman–Crippen LogP) is 2.78. The highest BCUT2D eigenvalue weighted by Gasteiger charge is 2.10. The molecule has 2 aromatic rings. The molecule has 0 aliphatic carbocycles. The fourth-order valence-corrected chi connectivity index (χ4v) is 2.09. The van der Waals surface area contributed by atoms with Crippen LogP contribution in [0, 0.1) is 0 Å². The molecule has 2 rings (SSSR count). The zero-order chi connectivity index (χ0) is 17.2. The second-order valence-electron chi connectivity index (χ2n) is 5.24. The number of carbonyl (C=O) groups excluding carboxylic acids is 1. The van der Waals surface area contributed by atoms with E-state index in [2.05, 4.69) is 17.2 Å². The predicted molar refractivity (Wildman–Crippen MR) is 93.8 cm³/mol. The highest BCUT2D eigenvalue weighted by molar-refractivity contribution is 5.73. The van der Waals surface area contributed by atoms with E-state index in [1.807, 2.05) is 42.5 Å². The molecule has 0 fully saturated rings. The number of benzene rings is 2. The van der Waals surface area contributed by atoms with E-state index in [-0.39, 0.29) is 12.6 Å². The summed E-state index contributed by atoms with van der Waals surface area (Å²) in [6.45, 7) is 4.48. The molecular formula is C19H22N2O3. The molecule has 0 aliphatic rings. The van der Waals surface area contributed by atoms with Crippen molar-refractivity contribution in [1.82, 2.24) is 10.6 Å². The zero-order valence-corrected chi connectivity index (χ0v) is 13.4. The molecule has 0 saturated heterocycles. The largest absolute Gasteiger partial charge is 0.489 e. The molecule has 0 spiro atoms. The van der Waals surface area contributed by atoms with Gasteiger partial charge in [-0.2, -0.15) is 0 Å². The van der Waals surface area contributed by atoms with Gasteiger partial charge in [0.25, 0.3) is 0 Å². The molecule has 0 heterocycles. The molecule has 1 atom stereocenters. The first-order chi connectivity index (χ1) is 11.7. The second kappa shape index (κ2) is 9.37. The van der Waals surface area contributed by atoms with Crippen LogP contribution >= 0.6 is 0 Å². The number of nitrogens with one attached hydrogen (secondary N) is 2. The molecule has 0 bridgehead atoms. The van der Waals surface area contributed by atoms with E-state index in [1.54, 1.807) is 18.2 Å². The third-order valence-electron chi connectivity index (χ3n) is 3.35. The van der Waals surface area contributed by atoms with E-state index in [0.717, 1.165) is 5.56 Å². The molecule has 0 aliphatic heterocycles. The Balaban J connectivity index is 1.86. The summed E-state index contributed by atoms with van der Waals surface area (Å²) in [5.41, 5.74) is 1.76. The summed E-state index contributed by atoms with van der Waals surface area (Å²) >= 11 is 0. The lowest BCUT2D eigenvalue weighted by atomic mass is 10.1. The number of aliphatic hydroxyl groups excluding tert-OH is 1. The van der Waals surface area contributed by atoms with Crippen molar-refractivity contribution in [2.75, 3.05) is 13.1 Å². The number of urea groups is 1. The monoisotopic (exact) mass is 326 g/mol. The summed E-state index contributed by atoms with van der Waals surface area (Å²) in [4.78, 5) is 11.5. The van der Waals surface area contributed by atoms with Gasteiger partial charge in [-0.1, -0.05) is 48.5 Å². The van der Waals surface area contributed by atoms with Crippen LogP contribution in [0.25, 0.3) is 0 Å². The summed E-state index contributed by atoms with van der Waals surface area (Å²) in [6, 6.07) is 16.7. The minimum Gasteiger partial charge on any atom is -0.489 e. The van der Waals surface area contributed by atoms with Crippen LogP contribution in [0.15, 0.2) is 67.3 Å². The maximum atomic E-state index is 11.5. The fraction of sp³-hybridized carbons (Fsp3) is 0.211. The van der Waals surface area contributed by atoms with E-state index in [4.69, 9.17) is 4.74 Å². The van der Waals surface area contributed by atoms with Gasteiger partial charge in [-0.05, 0) is 23.3 Å². The smallest absolute Gasteiger partial charge is 0.315 e. The SMILES string of the molecule is C=CCNC(=O)NCC(O)c1cccc(OCc2ccccc2)c1. The van der Waals surface area contributed by atoms with Crippen LogP contribution in [0.2, 0.25) is 0 Å². The molecule has 3 N–H and O–H groups in total. The number of amides is 2. The molecule has 2 amide bonds. The van der Waals surface area contributed by atoms with E-state index < -0.39 is 6.10 Å². The van der Waals surface area contributed by atoms with Gasteiger partial charge in [0.15, 0.2) is 0 Å². The quantitative estimate of drug-likeness (QED) is 0.653. The first kappa shape index (κ1) is 17.6. The van der Waals surface area contributed by atoms with Crippen LogP contribution in [0.5, 0.6) is 5.75 Å². The van der Waals surface area contributed by atoms with E-state index in [0.29, 0.717) is 24.5 Å². The van der Waals surface area contributed by atoms with Crippen molar-refractivity contribution < 1.29 is 14.6 Å². The molecule has 2 aromatic carbocycles. The number of ether oxygens (including phenoxy) is 1. The fourth-order valence-electron chi connectivity index (χ4n) is 2.09. The van der Waals surface area contributed by atoms with Gasteiger partial charge in [0, 0.05) is 13.1 Å². The highest BCUT2D eigenvalue weighted by atomic mass is 16.5. The van der Waals surface area contributed by atoms with Gasteiger partial charge < -0.3 is 20.5 Å². The van der Waals surface area contributed by atoms with Crippen molar-refractivity contribution in [2.45, 2.75) is 12.7 Å². The Morgan fingerprint density at radius 1 is 1.17 bits per heavy atom. The Morgan fingerprint density at radius 2 is 1.96 bits per heavy atom. The van der Waals surface area contributed by atoms with Crippen molar-refractivity contribution in [3.05, 3.63) is 78.4 Å². The molecule has 0 radical (unpaired) electrons. The summed E-state index contributed by atoms with van der Waals surface area (Å²) in [5, 5.41) is 15.4. The molecule has 1 unspecified atom stereocenters. The third kappa shape index (κ3) is 5.78. The number of carbonyl (C=O) groups is 1. The van der Waals surface area contributed by atoms with Crippen LogP contribution in [0.4, 0.5) is 4.79 Å². The van der Waals surface area contributed by atoms with Gasteiger partial charge in [0.1, 0.15) is 12.4 Å². The lowest BCUT2D eigenvalue weighted by Gasteiger charge is -2.14. The molecule has 24 heavy (non-hydrogen) atoms. The maximum Gasteiger partial charge on any atom is 0.315 e. The van der Waals surface area contributed by atoms with Gasteiger partial charge in [-0.25, -0.2) is 4.79 Å². The normalized spacial score (nSPS) is 11.4. The molecule has 0 aromatic heterocycles. The second-order valence-corrected chi connectivity index (χ2v) is 5.24. The van der Waals surface area contributed by atoms with Gasteiger partial charge in [-0.15, -0.1) is 6.58 Å². The van der Waals surface area contributed by atoms with Gasteiger partial charge in [-0.3, -0.25) is 0 Å². The Labute approximate surface area is 142 Å². The summed E-state index contributed by atoms with van der Waals surface area (Å²) < 4.78 is 5.74. The number of hydrogen-bond donors (Lipinski definition) is 3. The van der Waals surface area contributed by atoms with E-state index in [1.165, 1.54) is 0 Å². The number of rotatable bonds is 8. The Hall–Kier alpha value is -2.79. The first-order valence-electron chi connectivity index (χ1n) is 7.76. The van der Waals surface area contributed by atoms with Crippen molar-refractivity contribution >= 4 is 6.03 Å². The lowest BCUT2D eigenvalue weighted by molar-refractivity contribution is 0.172. The first-order valence-corrected chi connectivity index (χ1v) is 7.76. The van der Waals surface area contributed by atoms with Crippen LogP contribution in [-0.4, -0.2) is 24.2 Å². The van der Waals surface area contributed by atoms with Crippen LogP contribution in [-0.2, 0) is 6.61 Å². The summed E-state index contributed by atoms with van der Waals surface area (Å²) in [5.74, 6) is 0.673. The average molecular weight is 326 g/mol. The average Bonchev–Trinajstić information content (AvgIpc) is 2.63. The topological polar surface area (TPSA) is 70.6 Å².